The Kier molecular flexibility index (Phi) is 5.77. The number of hydrogen-bond acceptors (Lipinski definition) is 9. The van der Waals surface area contributed by atoms with Crippen LogP contribution in [0.15, 0.2) is 47.1 Å². The molecule has 0 spiro atoms. The molecule has 0 N–H and O–H groups in total. The van der Waals surface area contributed by atoms with Gasteiger partial charge in [-0.3, -0.25) is 14.9 Å². The Bertz CT molecular complexity index is 1080. The van der Waals surface area contributed by atoms with Gasteiger partial charge in [-0.15, -0.1) is 0 Å². The van der Waals surface area contributed by atoms with Crippen LogP contribution in [0.3, 0.4) is 0 Å². The van der Waals surface area contributed by atoms with Gasteiger partial charge in [-0.1, -0.05) is 6.07 Å². The molecule has 10 nitrogen and oxygen atoms in total. The van der Waals surface area contributed by atoms with E-state index in [1.165, 1.54) is 57.6 Å². The van der Waals surface area contributed by atoms with Gasteiger partial charge in [-0.05, 0) is 29.8 Å². The van der Waals surface area contributed by atoms with Crippen LogP contribution in [0.5, 0.6) is 17.2 Å². The van der Waals surface area contributed by atoms with Crippen molar-refractivity contribution in [2.24, 2.45) is 4.99 Å². The summed E-state index contributed by atoms with van der Waals surface area (Å²) < 4.78 is 20.8. The van der Waals surface area contributed by atoms with Crippen LogP contribution in [0.4, 0.5) is 5.69 Å². The van der Waals surface area contributed by atoms with Crippen molar-refractivity contribution < 1.29 is 33.5 Å². The van der Waals surface area contributed by atoms with Crippen molar-refractivity contribution >= 4 is 29.6 Å². The molecule has 0 bridgehead atoms. The van der Waals surface area contributed by atoms with E-state index in [1.54, 1.807) is 6.07 Å². The fourth-order valence-electron chi connectivity index (χ4n) is 2.67. The molecule has 30 heavy (non-hydrogen) atoms. The van der Waals surface area contributed by atoms with Crippen molar-refractivity contribution in [3.05, 3.63) is 63.3 Å². The van der Waals surface area contributed by atoms with Crippen LogP contribution < -0.4 is 14.2 Å². The molecular formula is C20H16N2O8. The standard InChI is InChI=1S/C20H16N2O8/c1-11(23)29-18-16(27-2)8-12(9-17(18)28-3)7-15-20(24)30-19(21-15)13-5-4-6-14(10-13)22(25)26/h4-10H,1-3H3/b15-7-. The summed E-state index contributed by atoms with van der Waals surface area (Å²) in [5.41, 5.74) is 0.581. The highest BCUT2D eigenvalue weighted by Crippen LogP contribution is 2.39. The molecule has 0 radical (unpaired) electrons. The highest BCUT2D eigenvalue weighted by molar-refractivity contribution is 6.13. The van der Waals surface area contributed by atoms with E-state index in [0.29, 0.717) is 11.1 Å². The molecular weight excluding hydrogens is 396 g/mol. The first kappa shape index (κ1) is 20.5. The first-order valence-electron chi connectivity index (χ1n) is 8.54. The van der Waals surface area contributed by atoms with Crippen LogP contribution in [0.2, 0.25) is 0 Å². The van der Waals surface area contributed by atoms with E-state index >= 15 is 0 Å². The van der Waals surface area contributed by atoms with Gasteiger partial charge >= 0.3 is 11.9 Å². The molecule has 0 fully saturated rings. The van der Waals surface area contributed by atoms with Gasteiger partial charge in [0, 0.05) is 24.6 Å². The van der Waals surface area contributed by atoms with Crippen LogP contribution in [-0.2, 0) is 14.3 Å². The Morgan fingerprint density at radius 3 is 2.40 bits per heavy atom. The monoisotopic (exact) mass is 412 g/mol. The molecule has 154 valence electrons. The molecule has 0 aliphatic carbocycles. The zero-order valence-electron chi connectivity index (χ0n) is 16.2. The third-order valence-electron chi connectivity index (χ3n) is 3.96. The maximum Gasteiger partial charge on any atom is 0.363 e. The average molecular weight is 412 g/mol. The van der Waals surface area contributed by atoms with Gasteiger partial charge in [0.15, 0.2) is 17.2 Å². The molecule has 0 aromatic heterocycles. The van der Waals surface area contributed by atoms with Crippen molar-refractivity contribution in [1.82, 2.24) is 0 Å². The van der Waals surface area contributed by atoms with Gasteiger partial charge in [-0.2, -0.15) is 0 Å². The zero-order valence-corrected chi connectivity index (χ0v) is 16.2. The highest BCUT2D eigenvalue weighted by Gasteiger charge is 2.26. The topological polar surface area (TPSA) is 127 Å². The molecule has 2 aromatic carbocycles. The quantitative estimate of drug-likeness (QED) is 0.233. The van der Waals surface area contributed by atoms with Gasteiger partial charge < -0.3 is 18.9 Å². The predicted molar refractivity (Wildman–Crippen MR) is 105 cm³/mol. The lowest BCUT2D eigenvalue weighted by Crippen LogP contribution is -2.06. The predicted octanol–water partition coefficient (Wildman–Crippen LogP) is 2.88. The molecule has 0 saturated carbocycles. The maximum atomic E-state index is 12.2. The van der Waals surface area contributed by atoms with Crippen LogP contribution in [0.1, 0.15) is 18.1 Å². The molecule has 10 heteroatoms. The number of non-ortho nitro benzene ring substituents is 1. The minimum atomic E-state index is -0.724. The van der Waals surface area contributed by atoms with Crippen LogP contribution in [-0.4, -0.2) is 37.0 Å². The second-order valence-corrected chi connectivity index (χ2v) is 5.99. The highest BCUT2D eigenvalue weighted by atomic mass is 16.6. The van der Waals surface area contributed by atoms with E-state index in [0.717, 1.165) is 0 Å². The van der Waals surface area contributed by atoms with E-state index < -0.39 is 16.9 Å². The first-order valence-corrected chi connectivity index (χ1v) is 8.54. The number of nitro benzene ring substituents is 1. The Hall–Kier alpha value is -4.21. The van der Waals surface area contributed by atoms with Gasteiger partial charge in [0.05, 0.1) is 19.1 Å². The Morgan fingerprint density at radius 1 is 1.17 bits per heavy atom. The lowest BCUT2D eigenvalue weighted by molar-refractivity contribution is -0.384. The summed E-state index contributed by atoms with van der Waals surface area (Å²) in [6.07, 6.45) is 1.43. The van der Waals surface area contributed by atoms with E-state index in [9.17, 15) is 19.7 Å². The van der Waals surface area contributed by atoms with Gasteiger partial charge in [0.1, 0.15) is 0 Å². The number of hydrogen-bond donors (Lipinski definition) is 0. The first-order chi connectivity index (χ1) is 14.3. The Labute approximate surface area is 170 Å². The van der Waals surface area contributed by atoms with Crippen LogP contribution in [0, 0.1) is 10.1 Å². The number of rotatable bonds is 6. The molecule has 0 amide bonds. The molecule has 1 heterocycles. The SMILES string of the molecule is COc1cc(/C=C2\N=C(c3cccc([N+](=O)[O-])c3)OC2=O)cc(OC)c1OC(C)=O. The second kappa shape index (κ2) is 8.43. The van der Waals surface area contributed by atoms with E-state index in [-0.39, 0.29) is 34.5 Å². The van der Waals surface area contributed by atoms with Gasteiger partial charge in [0.2, 0.25) is 11.6 Å². The normalized spacial score (nSPS) is 14.2. The summed E-state index contributed by atoms with van der Waals surface area (Å²) in [6, 6.07) is 8.65. The van der Waals surface area contributed by atoms with E-state index in [2.05, 4.69) is 4.99 Å². The van der Waals surface area contributed by atoms with Crippen molar-refractivity contribution in [1.29, 1.82) is 0 Å². The second-order valence-electron chi connectivity index (χ2n) is 5.99. The molecule has 0 unspecified atom stereocenters. The zero-order chi connectivity index (χ0) is 21.8. The van der Waals surface area contributed by atoms with Gasteiger partial charge in [-0.25, -0.2) is 9.79 Å². The number of cyclic esters (lactones) is 1. The smallest absolute Gasteiger partial charge is 0.363 e. The fourth-order valence-corrected chi connectivity index (χ4v) is 2.67. The van der Waals surface area contributed by atoms with Crippen molar-refractivity contribution in [2.75, 3.05) is 14.2 Å². The van der Waals surface area contributed by atoms with Crippen molar-refractivity contribution in [2.45, 2.75) is 6.92 Å². The summed E-state index contributed by atoms with van der Waals surface area (Å²) in [6.45, 7) is 1.24. The number of nitrogens with zero attached hydrogens (tertiary/aromatic N) is 2. The summed E-state index contributed by atoms with van der Waals surface area (Å²) in [4.78, 5) is 38.1. The third-order valence-corrected chi connectivity index (χ3v) is 3.96. The molecule has 1 aliphatic rings. The summed E-state index contributed by atoms with van der Waals surface area (Å²) in [5.74, 6) is -0.798. The number of carbonyl (C=O) groups excluding carboxylic acids is 2. The third kappa shape index (κ3) is 4.27. The van der Waals surface area contributed by atoms with Crippen LogP contribution >= 0.6 is 0 Å². The molecule has 1 aliphatic heterocycles. The summed E-state index contributed by atoms with van der Waals surface area (Å²) in [5, 5.41) is 10.9. The average Bonchev–Trinajstić information content (AvgIpc) is 3.08. The number of methoxy groups -OCH3 is 2. The number of carbonyl (C=O) groups is 2. The van der Waals surface area contributed by atoms with Crippen molar-refractivity contribution in [3.8, 4) is 17.2 Å². The molecule has 2 aromatic rings. The molecule has 3 rings (SSSR count). The Balaban J connectivity index is 2.00. The lowest BCUT2D eigenvalue weighted by Gasteiger charge is -2.13. The maximum absolute atomic E-state index is 12.2. The van der Waals surface area contributed by atoms with E-state index in [1.807, 2.05) is 0 Å². The number of aliphatic imine (C=N–C) groups is 1. The Morgan fingerprint density at radius 2 is 1.83 bits per heavy atom. The number of ether oxygens (including phenoxy) is 4. The lowest BCUT2D eigenvalue weighted by atomic mass is 10.1. The molecule has 0 atom stereocenters. The van der Waals surface area contributed by atoms with Crippen molar-refractivity contribution in [3.63, 3.8) is 0 Å². The number of nitro groups is 1. The largest absolute Gasteiger partial charge is 0.493 e. The summed E-state index contributed by atoms with van der Waals surface area (Å²) in [7, 11) is 2.78. The summed E-state index contributed by atoms with van der Waals surface area (Å²) >= 11 is 0. The minimum absolute atomic E-state index is 0.0270. The minimum Gasteiger partial charge on any atom is -0.493 e. The number of benzene rings is 2. The number of esters is 2. The fraction of sp³-hybridized carbons (Fsp3) is 0.150. The van der Waals surface area contributed by atoms with E-state index in [4.69, 9.17) is 18.9 Å². The van der Waals surface area contributed by atoms with Crippen LogP contribution in [0.25, 0.3) is 6.08 Å². The molecule has 0 saturated heterocycles. The van der Waals surface area contributed by atoms with Gasteiger partial charge in [0.25, 0.3) is 5.69 Å².